The summed E-state index contributed by atoms with van der Waals surface area (Å²) in [5.74, 6) is 0. The lowest BCUT2D eigenvalue weighted by Crippen LogP contribution is -2.39. The van der Waals surface area contributed by atoms with Crippen molar-refractivity contribution < 1.29 is 8.42 Å². The fourth-order valence-electron chi connectivity index (χ4n) is 2.61. The molecule has 1 aliphatic rings. The van der Waals surface area contributed by atoms with Crippen LogP contribution in [0.5, 0.6) is 0 Å². The molecule has 1 unspecified atom stereocenters. The van der Waals surface area contributed by atoms with E-state index in [1.54, 1.807) is 15.8 Å². The average molecular weight is 302 g/mol. The fourth-order valence-corrected chi connectivity index (χ4v) is 5.52. The van der Waals surface area contributed by atoms with Crippen LogP contribution in [0, 0.1) is 0 Å². The zero-order chi connectivity index (χ0) is 13.9. The van der Waals surface area contributed by atoms with Crippen molar-refractivity contribution in [1.82, 2.24) is 4.31 Å². The van der Waals surface area contributed by atoms with Crippen LogP contribution in [0.1, 0.15) is 43.9 Å². The molecule has 0 spiro atoms. The number of rotatable bonds is 4. The predicted molar refractivity (Wildman–Crippen MR) is 78.6 cm³/mol. The molecule has 0 aliphatic carbocycles. The second-order valence-electron chi connectivity index (χ2n) is 4.98. The minimum absolute atomic E-state index is 0.147. The van der Waals surface area contributed by atoms with E-state index in [2.05, 4.69) is 6.92 Å². The zero-order valence-electron chi connectivity index (χ0n) is 11.3. The molecule has 2 rings (SSSR count). The largest absolute Gasteiger partial charge is 0.326 e. The Kier molecular flexibility index (Phi) is 5.00. The van der Waals surface area contributed by atoms with Crippen molar-refractivity contribution in [2.75, 3.05) is 6.54 Å². The number of sulfonamides is 1. The van der Waals surface area contributed by atoms with E-state index >= 15 is 0 Å². The molecule has 0 aromatic carbocycles. The first-order valence-electron chi connectivity index (χ1n) is 6.89. The lowest BCUT2D eigenvalue weighted by Gasteiger charge is -2.27. The third-order valence-electron chi connectivity index (χ3n) is 3.73. The van der Waals surface area contributed by atoms with E-state index in [-0.39, 0.29) is 6.04 Å². The van der Waals surface area contributed by atoms with Gasteiger partial charge >= 0.3 is 0 Å². The number of hydrogen-bond donors (Lipinski definition) is 1. The Balaban J connectivity index is 2.30. The summed E-state index contributed by atoms with van der Waals surface area (Å²) >= 11 is 1.42. The lowest BCUT2D eigenvalue weighted by atomic mass is 10.1. The zero-order valence-corrected chi connectivity index (χ0v) is 13.0. The summed E-state index contributed by atoms with van der Waals surface area (Å²) < 4.78 is 27.2. The first-order valence-corrected chi connectivity index (χ1v) is 9.21. The van der Waals surface area contributed by atoms with Crippen molar-refractivity contribution in [2.45, 2.75) is 56.5 Å². The molecule has 0 amide bonds. The highest BCUT2D eigenvalue weighted by atomic mass is 32.2. The normalized spacial score (nSPS) is 22.3. The molecule has 1 aliphatic heterocycles. The Bertz CT molecular complexity index is 510. The first kappa shape index (κ1) is 15.0. The molecular formula is C13H22N2O2S2. The molecule has 1 fully saturated rings. The fraction of sp³-hybridized carbons (Fsp3) is 0.692. The average Bonchev–Trinajstić information content (AvgIpc) is 2.76. The van der Waals surface area contributed by atoms with E-state index in [1.165, 1.54) is 11.3 Å². The Morgan fingerprint density at radius 3 is 2.84 bits per heavy atom. The third-order valence-corrected chi connectivity index (χ3v) is 6.77. The molecule has 1 aromatic rings. The summed E-state index contributed by atoms with van der Waals surface area (Å²) in [5.41, 5.74) is 5.57. The molecule has 1 atom stereocenters. The maximum absolute atomic E-state index is 12.7. The smallest absolute Gasteiger partial charge is 0.244 e. The van der Waals surface area contributed by atoms with Crippen LogP contribution in [-0.2, 0) is 16.6 Å². The number of thiophene rings is 1. The standard InChI is InChI=1S/C13H22N2O2S2/c1-2-11-6-4-3-5-7-15(11)19(16,17)13-8-12(9-14)18-10-13/h8,10-11H,2-7,9,14H2,1H3. The van der Waals surface area contributed by atoms with Crippen molar-refractivity contribution in [2.24, 2.45) is 5.73 Å². The molecular weight excluding hydrogens is 280 g/mol. The summed E-state index contributed by atoms with van der Waals surface area (Å²) in [4.78, 5) is 1.33. The van der Waals surface area contributed by atoms with Crippen LogP contribution in [0.2, 0.25) is 0 Å². The van der Waals surface area contributed by atoms with Crippen LogP contribution in [-0.4, -0.2) is 25.3 Å². The first-order chi connectivity index (χ1) is 9.09. The molecule has 2 heterocycles. The number of hydrogen-bond acceptors (Lipinski definition) is 4. The molecule has 1 aromatic heterocycles. The summed E-state index contributed by atoms with van der Waals surface area (Å²) in [5, 5.41) is 1.72. The molecule has 2 N–H and O–H groups in total. The molecule has 4 nitrogen and oxygen atoms in total. The van der Waals surface area contributed by atoms with Crippen LogP contribution in [0.25, 0.3) is 0 Å². The van der Waals surface area contributed by atoms with E-state index in [1.807, 2.05) is 0 Å². The van der Waals surface area contributed by atoms with Crippen LogP contribution in [0.15, 0.2) is 16.3 Å². The summed E-state index contributed by atoms with van der Waals surface area (Å²) in [7, 11) is -3.35. The highest BCUT2D eigenvalue weighted by molar-refractivity contribution is 7.89. The molecule has 108 valence electrons. The monoisotopic (exact) mass is 302 g/mol. The van der Waals surface area contributed by atoms with Crippen LogP contribution < -0.4 is 5.73 Å². The van der Waals surface area contributed by atoms with E-state index in [9.17, 15) is 8.42 Å². The maximum atomic E-state index is 12.7. The molecule has 1 saturated heterocycles. The molecule has 0 saturated carbocycles. The number of nitrogens with two attached hydrogens (primary N) is 1. The van der Waals surface area contributed by atoms with E-state index in [0.29, 0.717) is 18.0 Å². The van der Waals surface area contributed by atoms with Gasteiger partial charge in [-0.15, -0.1) is 11.3 Å². The third kappa shape index (κ3) is 3.18. The van der Waals surface area contributed by atoms with Crippen LogP contribution in [0.4, 0.5) is 0 Å². The van der Waals surface area contributed by atoms with Crippen molar-refractivity contribution in [3.05, 3.63) is 16.3 Å². The van der Waals surface area contributed by atoms with E-state index < -0.39 is 10.0 Å². The maximum Gasteiger partial charge on any atom is 0.244 e. The summed E-state index contributed by atoms with van der Waals surface area (Å²) in [6.07, 6.45) is 5.07. The van der Waals surface area contributed by atoms with Gasteiger partial charge in [0.2, 0.25) is 10.0 Å². The van der Waals surface area contributed by atoms with Crippen molar-refractivity contribution in [3.8, 4) is 0 Å². The van der Waals surface area contributed by atoms with Gasteiger partial charge in [-0.25, -0.2) is 8.42 Å². The molecule has 0 bridgehead atoms. The Labute approximate surface area is 119 Å². The van der Waals surface area contributed by atoms with Crippen LogP contribution >= 0.6 is 11.3 Å². The van der Waals surface area contributed by atoms with Gasteiger partial charge in [0.05, 0.1) is 4.90 Å². The topological polar surface area (TPSA) is 63.4 Å². The van der Waals surface area contributed by atoms with E-state index in [0.717, 1.165) is 37.0 Å². The minimum Gasteiger partial charge on any atom is -0.326 e. The van der Waals surface area contributed by atoms with Gasteiger partial charge in [-0.1, -0.05) is 19.8 Å². The Hall–Kier alpha value is -0.430. The van der Waals surface area contributed by atoms with E-state index in [4.69, 9.17) is 5.73 Å². The minimum atomic E-state index is -3.35. The Morgan fingerprint density at radius 2 is 2.21 bits per heavy atom. The van der Waals surface area contributed by atoms with Gasteiger partial charge in [0, 0.05) is 29.4 Å². The van der Waals surface area contributed by atoms with Gasteiger partial charge in [-0.3, -0.25) is 0 Å². The van der Waals surface area contributed by atoms with Gasteiger partial charge in [-0.05, 0) is 25.3 Å². The van der Waals surface area contributed by atoms with Gasteiger partial charge in [0.1, 0.15) is 0 Å². The van der Waals surface area contributed by atoms with Gasteiger partial charge in [-0.2, -0.15) is 4.31 Å². The van der Waals surface area contributed by atoms with Gasteiger partial charge < -0.3 is 5.73 Å². The highest BCUT2D eigenvalue weighted by Crippen LogP contribution is 2.28. The quantitative estimate of drug-likeness (QED) is 0.929. The van der Waals surface area contributed by atoms with Crippen molar-refractivity contribution >= 4 is 21.4 Å². The van der Waals surface area contributed by atoms with Crippen molar-refractivity contribution in [1.29, 1.82) is 0 Å². The van der Waals surface area contributed by atoms with Crippen molar-refractivity contribution in [3.63, 3.8) is 0 Å². The molecule has 6 heteroatoms. The summed E-state index contributed by atoms with van der Waals surface area (Å²) in [6, 6.07) is 1.87. The van der Waals surface area contributed by atoms with Gasteiger partial charge in [0.15, 0.2) is 0 Å². The van der Waals surface area contributed by atoms with Crippen LogP contribution in [0.3, 0.4) is 0 Å². The second-order valence-corrected chi connectivity index (χ2v) is 7.87. The number of nitrogens with zero attached hydrogens (tertiary/aromatic N) is 1. The molecule has 19 heavy (non-hydrogen) atoms. The second kappa shape index (κ2) is 6.35. The summed E-state index contributed by atoms with van der Waals surface area (Å²) in [6.45, 7) is 3.11. The lowest BCUT2D eigenvalue weighted by molar-refractivity contribution is 0.315. The van der Waals surface area contributed by atoms with Gasteiger partial charge in [0.25, 0.3) is 0 Å². The predicted octanol–water partition coefficient (Wildman–Crippen LogP) is 2.55. The molecule has 0 radical (unpaired) electrons. The SMILES string of the molecule is CCC1CCCCCN1S(=O)(=O)c1csc(CN)c1. The highest BCUT2D eigenvalue weighted by Gasteiger charge is 2.31. The Morgan fingerprint density at radius 1 is 1.42 bits per heavy atom.